The van der Waals surface area contributed by atoms with Gasteiger partial charge in [0, 0.05) is 12.1 Å². The maximum atomic E-state index is 13.6. The molecule has 0 saturated carbocycles. The standard InChI is InChI=1S/C15H19F2NO/c1-10-5-3-4-8-18(10)11(2)15(19)13-7-6-12(16)9-14(13)17/h6-7,9-11H,3-5,8H2,1-2H3. The molecule has 1 heterocycles. The molecule has 104 valence electrons. The number of rotatable bonds is 3. The molecule has 19 heavy (non-hydrogen) atoms. The Labute approximate surface area is 112 Å². The Morgan fingerprint density at radius 1 is 1.37 bits per heavy atom. The van der Waals surface area contributed by atoms with Crippen molar-refractivity contribution in [1.29, 1.82) is 0 Å². The molecule has 2 unspecified atom stereocenters. The molecule has 1 fully saturated rings. The number of carbonyl (C=O) groups excluding carboxylic acids is 1. The van der Waals surface area contributed by atoms with Crippen molar-refractivity contribution in [3.8, 4) is 0 Å². The SMILES string of the molecule is CC1CCCCN1C(C)C(=O)c1ccc(F)cc1F. The Morgan fingerprint density at radius 2 is 2.11 bits per heavy atom. The monoisotopic (exact) mass is 267 g/mol. The van der Waals surface area contributed by atoms with Gasteiger partial charge in [0.15, 0.2) is 5.78 Å². The van der Waals surface area contributed by atoms with Crippen LogP contribution in [0, 0.1) is 11.6 Å². The van der Waals surface area contributed by atoms with Crippen LogP contribution in [0.4, 0.5) is 8.78 Å². The number of halogens is 2. The molecule has 1 aromatic carbocycles. The lowest BCUT2D eigenvalue weighted by Crippen LogP contribution is -2.47. The molecule has 0 spiro atoms. The minimum Gasteiger partial charge on any atom is -0.292 e. The van der Waals surface area contributed by atoms with Crippen LogP contribution in [0.5, 0.6) is 0 Å². The van der Waals surface area contributed by atoms with Crippen molar-refractivity contribution in [3.05, 3.63) is 35.4 Å². The lowest BCUT2D eigenvalue weighted by Gasteiger charge is -2.37. The van der Waals surface area contributed by atoms with E-state index in [0.29, 0.717) is 6.04 Å². The van der Waals surface area contributed by atoms with E-state index in [9.17, 15) is 13.6 Å². The fourth-order valence-electron chi connectivity index (χ4n) is 2.76. The summed E-state index contributed by atoms with van der Waals surface area (Å²) in [5.74, 6) is -1.71. The number of benzene rings is 1. The number of carbonyl (C=O) groups is 1. The summed E-state index contributed by atoms with van der Waals surface area (Å²) in [6.07, 6.45) is 3.29. The first-order chi connectivity index (χ1) is 9.00. The van der Waals surface area contributed by atoms with E-state index in [4.69, 9.17) is 0 Å². The maximum absolute atomic E-state index is 13.6. The van der Waals surface area contributed by atoms with E-state index in [-0.39, 0.29) is 17.4 Å². The van der Waals surface area contributed by atoms with Crippen molar-refractivity contribution in [2.24, 2.45) is 0 Å². The molecular weight excluding hydrogens is 248 g/mol. The molecule has 1 aliphatic heterocycles. The van der Waals surface area contributed by atoms with Crippen molar-refractivity contribution in [1.82, 2.24) is 4.90 Å². The highest BCUT2D eigenvalue weighted by molar-refractivity contribution is 6.00. The van der Waals surface area contributed by atoms with Crippen molar-refractivity contribution in [3.63, 3.8) is 0 Å². The zero-order valence-electron chi connectivity index (χ0n) is 11.3. The Morgan fingerprint density at radius 3 is 2.74 bits per heavy atom. The second kappa shape index (κ2) is 5.78. The lowest BCUT2D eigenvalue weighted by atomic mass is 9.97. The summed E-state index contributed by atoms with van der Waals surface area (Å²) in [6, 6.07) is 3.09. The fourth-order valence-corrected chi connectivity index (χ4v) is 2.76. The van der Waals surface area contributed by atoms with Crippen LogP contribution in [0.2, 0.25) is 0 Å². The number of hydrogen-bond donors (Lipinski definition) is 0. The molecule has 2 atom stereocenters. The molecule has 1 aromatic rings. The van der Waals surface area contributed by atoms with Crippen LogP contribution in [-0.4, -0.2) is 29.3 Å². The van der Waals surface area contributed by atoms with E-state index < -0.39 is 11.6 Å². The van der Waals surface area contributed by atoms with Crippen molar-refractivity contribution < 1.29 is 13.6 Å². The predicted molar refractivity (Wildman–Crippen MR) is 70.2 cm³/mol. The van der Waals surface area contributed by atoms with E-state index in [2.05, 4.69) is 11.8 Å². The highest BCUT2D eigenvalue weighted by atomic mass is 19.1. The largest absolute Gasteiger partial charge is 0.292 e. The molecule has 1 aliphatic rings. The molecule has 2 nitrogen and oxygen atoms in total. The summed E-state index contributed by atoms with van der Waals surface area (Å²) >= 11 is 0. The molecule has 4 heteroatoms. The summed E-state index contributed by atoms with van der Waals surface area (Å²) < 4.78 is 26.5. The van der Waals surface area contributed by atoms with Gasteiger partial charge in [-0.2, -0.15) is 0 Å². The maximum Gasteiger partial charge on any atom is 0.182 e. The van der Waals surface area contributed by atoms with Gasteiger partial charge in [0.1, 0.15) is 11.6 Å². The van der Waals surface area contributed by atoms with Crippen LogP contribution in [0.1, 0.15) is 43.5 Å². The quantitative estimate of drug-likeness (QED) is 0.782. The molecular formula is C15H19F2NO. The molecule has 1 saturated heterocycles. The van der Waals surface area contributed by atoms with Crippen LogP contribution in [-0.2, 0) is 0 Å². The average Bonchev–Trinajstić information content (AvgIpc) is 2.38. The zero-order valence-corrected chi connectivity index (χ0v) is 11.3. The third-order valence-electron chi connectivity index (χ3n) is 3.93. The molecule has 0 bridgehead atoms. The normalized spacial score (nSPS) is 22.2. The summed E-state index contributed by atoms with van der Waals surface area (Å²) in [7, 11) is 0. The van der Waals surface area contributed by atoms with Gasteiger partial charge in [0.2, 0.25) is 0 Å². The van der Waals surface area contributed by atoms with Crippen molar-refractivity contribution >= 4 is 5.78 Å². The Hall–Kier alpha value is -1.29. The third-order valence-corrected chi connectivity index (χ3v) is 3.93. The first-order valence-electron chi connectivity index (χ1n) is 6.75. The third kappa shape index (κ3) is 3.00. The summed E-state index contributed by atoms with van der Waals surface area (Å²) in [6.45, 7) is 4.74. The second-order valence-electron chi connectivity index (χ2n) is 5.25. The van der Waals surface area contributed by atoms with E-state index in [1.165, 1.54) is 12.5 Å². The summed E-state index contributed by atoms with van der Waals surface area (Å²) in [5.41, 5.74) is -0.0216. The van der Waals surface area contributed by atoms with Gasteiger partial charge < -0.3 is 0 Å². The average molecular weight is 267 g/mol. The minimum atomic E-state index is -0.776. The first-order valence-corrected chi connectivity index (χ1v) is 6.75. The van der Waals surface area contributed by atoms with Crippen LogP contribution in [0.25, 0.3) is 0 Å². The number of Topliss-reactive ketones (excluding diaryl/α,β-unsaturated/α-hetero) is 1. The smallest absolute Gasteiger partial charge is 0.182 e. The molecule has 0 amide bonds. The number of nitrogens with zero attached hydrogens (tertiary/aromatic N) is 1. The second-order valence-corrected chi connectivity index (χ2v) is 5.25. The number of ketones is 1. The molecule has 0 aliphatic carbocycles. The van der Waals surface area contributed by atoms with Crippen LogP contribution in [0.15, 0.2) is 18.2 Å². The van der Waals surface area contributed by atoms with E-state index in [1.54, 1.807) is 6.92 Å². The van der Waals surface area contributed by atoms with Crippen LogP contribution < -0.4 is 0 Å². The van der Waals surface area contributed by atoms with E-state index >= 15 is 0 Å². The number of piperidine rings is 1. The van der Waals surface area contributed by atoms with Gasteiger partial charge in [-0.3, -0.25) is 9.69 Å². The fraction of sp³-hybridized carbons (Fsp3) is 0.533. The number of hydrogen-bond acceptors (Lipinski definition) is 2. The Balaban J connectivity index is 2.18. The van der Waals surface area contributed by atoms with Gasteiger partial charge in [0.05, 0.1) is 11.6 Å². The van der Waals surface area contributed by atoms with E-state index in [0.717, 1.165) is 31.5 Å². The van der Waals surface area contributed by atoms with Crippen molar-refractivity contribution in [2.75, 3.05) is 6.54 Å². The first kappa shape index (κ1) is 14.1. The van der Waals surface area contributed by atoms with Gasteiger partial charge in [-0.05, 0) is 45.4 Å². The zero-order chi connectivity index (χ0) is 14.0. The lowest BCUT2D eigenvalue weighted by molar-refractivity contribution is 0.0697. The van der Waals surface area contributed by atoms with Crippen molar-refractivity contribution in [2.45, 2.75) is 45.2 Å². The van der Waals surface area contributed by atoms with Crippen LogP contribution in [0.3, 0.4) is 0 Å². The summed E-state index contributed by atoms with van der Waals surface area (Å²) in [4.78, 5) is 14.4. The molecule has 0 radical (unpaired) electrons. The predicted octanol–water partition coefficient (Wildman–Crippen LogP) is 3.41. The van der Waals surface area contributed by atoms with Gasteiger partial charge in [-0.15, -0.1) is 0 Å². The van der Waals surface area contributed by atoms with Gasteiger partial charge >= 0.3 is 0 Å². The van der Waals surface area contributed by atoms with Gasteiger partial charge in [-0.25, -0.2) is 8.78 Å². The molecule has 0 aromatic heterocycles. The highest BCUT2D eigenvalue weighted by Crippen LogP contribution is 2.22. The minimum absolute atomic E-state index is 0.0216. The van der Waals surface area contributed by atoms with Gasteiger partial charge in [-0.1, -0.05) is 6.42 Å². The highest BCUT2D eigenvalue weighted by Gasteiger charge is 2.29. The molecule has 0 N–H and O–H groups in total. The van der Waals surface area contributed by atoms with E-state index in [1.807, 2.05) is 0 Å². The van der Waals surface area contributed by atoms with Crippen LogP contribution >= 0.6 is 0 Å². The Bertz CT molecular complexity index is 475. The van der Waals surface area contributed by atoms with Gasteiger partial charge in [0.25, 0.3) is 0 Å². The molecule has 2 rings (SSSR count). The number of likely N-dealkylation sites (tertiary alicyclic amines) is 1. The topological polar surface area (TPSA) is 20.3 Å². The summed E-state index contributed by atoms with van der Waals surface area (Å²) in [5, 5.41) is 0. The Kier molecular flexibility index (Phi) is 4.30.